The van der Waals surface area contributed by atoms with Crippen LogP contribution in [0.5, 0.6) is 5.75 Å². The highest BCUT2D eigenvalue weighted by Gasteiger charge is 2.28. The van der Waals surface area contributed by atoms with Gasteiger partial charge in [-0.05, 0) is 47.7 Å². The predicted octanol–water partition coefficient (Wildman–Crippen LogP) is 3.51. The van der Waals surface area contributed by atoms with E-state index in [2.05, 4.69) is 6.07 Å². The Balaban J connectivity index is 1.78. The van der Waals surface area contributed by atoms with Crippen molar-refractivity contribution >= 4 is 34.0 Å². The molecule has 0 saturated carbocycles. The molecule has 0 aliphatic carbocycles. The van der Waals surface area contributed by atoms with Crippen LogP contribution >= 0.6 is 11.3 Å². The molecule has 3 heterocycles. The molecule has 1 aliphatic rings. The van der Waals surface area contributed by atoms with Crippen molar-refractivity contribution in [3.8, 4) is 5.75 Å². The van der Waals surface area contributed by atoms with Crippen LogP contribution in [0, 0.1) is 0 Å². The molecule has 0 bridgehead atoms. The number of amides is 1. The number of rotatable bonds is 2. The summed E-state index contributed by atoms with van der Waals surface area (Å²) in [6, 6.07) is 11.7. The van der Waals surface area contributed by atoms with Crippen molar-refractivity contribution in [2.24, 2.45) is 0 Å². The van der Waals surface area contributed by atoms with E-state index in [-0.39, 0.29) is 5.91 Å². The van der Waals surface area contributed by atoms with Gasteiger partial charge in [-0.3, -0.25) is 9.69 Å². The number of methoxy groups -OCH3 is 1. The number of carbonyl (C=O) groups excluding carboxylic acids is 1. The number of pyridine rings is 1. The molecule has 0 N–H and O–H groups in total. The molecule has 0 radical (unpaired) electrons. The predicted molar refractivity (Wildman–Crippen MR) is 88.0 cm³/mol. The summed E-state index contributed by atoms with van der Waals surface area (Å²) in [7, 11) is 1.66. The van der Waals surface area contributed by atoms with Crippen LogP contribution in [0.15, 0.2) is 41.8 Å². The maximum Gasteiger partial charge on any atom is 0.269 e. The van der Waals surface area contributed by atoms with Gasteiger partial charge in [-0.25, -0.2) is 4.98 Å². The minimum Gasteiger partial charge on any atom is -0.497 e. The van der Waals surface area contributed by atoms with Gasteiger partial charge in [0, 0.05) is 11.9 Å². The highest BCUT2D eigenvalue weighted by Crippen LogP contribution is 2.32. The lowest BCUT2D eigenvalue weighted by molar-refractivity contribution is 0.0992. The van der Waals surface area contributed by atoms with Gasteiger partial charge >= 0.3 is 0 Å². The van der Waals surface area contributed by atoms with Crippen molar-refractivity contribution in [2.45, 2.75) is 6.42 Å². The SMILES string of the molecule is COc1ccc2nc3c(cc2c1)CCN3C(=O)c1cccs1. The fraction of sp³-hybridized carbons (Fsp3) is 0.176. The van der Waals surface area contributed by atoms with Gasteiger partial charge in [0.25, 0.3) is 5.91 Å². The molecule has 22 heavy (non-hydrogen) atoms. The van der Waals surface area contributed by atoms with Crippen molar-refractivity contribution in [3.05, 3.63) is 52.2 Å². The van der Waals surface area contributed by atoms with Gasteiger partial charge in [-0.2, -0.15) is 0 Å². The van der Waals surface area contributed by atoms with Crippen LogP contribution < -0.4 is 9.64 Å². The van der Waals surface area contributed by atoms with Crippen LogP contribution in [0.2, 0.25) is 0 Å². The first-order valence-corrected chi connectivity index (χ1v) is 7.97. The Hall–Kier alpha value is -2.40. The summed E-state index contributed by atoms with van der Waals surface area (Å²) in [4.78, 5) is 19.8. The number of ether oxygens (including phenoxy) is 1. The molecule has 4 nitrogen and oxygen atoms in total. The van der Waals surface area contributed by atoms with E-state index >= 15 is 0 Å². The highest BCUT2D eigenvalue weighted by atomic mass is 32.1. The fourth-order valence-corrected chi connectivity index (χ4v) is 3.47. The van der Waals surface area contributed by atoms with Crippen LogP contribution in [0.4, 0.5) is 5.82 Å². The van der Waals surface area contributed by atoms with E-state index in [1.54, 1.807) is 12.0 Å². The zero-order valence-electron chi connectivity index (χ0n) is 12.1. The molecule has 4 rings (SSSR count). The van der Waals surface area contributed by atoms with Crippen molar-refractivity contribution in [1.29, 1.82) is 0 Å². The largest absolute Gasteiger partial charge is 0.497 e. The molecule has 0 fully saturated rings. The molecule has 3 aromatic rings. The lowest BCUT2D eigenvalue weighted by Crippen LogP contribution is -2.28. The molecule has 2 aromatic heterocycles. The van der Waals surface area contributed by atoms with E-state index in [0.29, 0.717) is 6.54 Å². The van der Waals surface area contributed by atoms with E-state index < -0.39 is 0 Å². The summed E-state index contributed by atoms with van der Waals surface area (Å²) >= 11 is 1.47. The number of nitrogens with zero attached hydrogens (tertiary/aromatic N) is 2. The number of carbonyl (C=O) groups is 1. The summed E-state index contributed by atoms with van der Waals surface area (Å²) in [5, 5.41) is 2.97. The Labute approximate surface area is 132 Å². The maximum absolute atomic E-state index is 12.6. The summed E-state index contributed by atoms with van der Waals surface area (Å²) < 4.78 is 5.26. The van der Waals surface area contributed by atoms with Gasteiger partial charge in [0.2, 0.25) is 0 Å². The number of hydrogen-bond acceptors (Lipinski definition) is 4. The Morgan fingerprint density at radius 1 is 1.32 bits per heavy atom. The van der Waals surface area contributed by atoms with E-state index in [0.717, 1.165) is 39.3 Å². The molecular formula is C17H14N2O2S. The van der Waals surface area contributed by atoms with Crippen molar-refractivity contribution in [3.63, 3.8) is 0 Å². The third kappa shape index (κ3) is 2.05. The minimum absolute atomic E-state index is 0.0362. The minimum atomic E-state index is 0.0362. The van der Waals surface area contributed by atoms with Crippen molar-refractivity contribution in [1.82, 2.24) is 4.98 Å². The van der Waals surface area contributed by atoms with E-state index in [4.69, 9.17) is 9.72 Å². The lowest BCUT2D eigenvalue weighted by atomic mass is 10.1. The molecule has 5 heteroatoms. The molecule has 110 valence electrons. The Bertz CT molecular complexity index is 858. The molecule has 0 saturated heterocycles. The first kappa shape index (κ1) is 13.3. The Morgan fingerprint density at radius 3 is 3.00 bits per heavy atom. The van der Waals surface area contributed by atoms with Gasteiger partial charge in [0.1, 0.15) is 11.6 Å². The zero-order valence-corrected chi connectivity index (χ0v) is 12.9. The van der Waals surface area contributed by atoms with Gasteiger partial charge in [0.05, 0.1) is 17.5 Å². The average molecular weight is 310 g/mol. The van der Waals surface area contributed by atoms with Crippen LogP contribution in [0.25, 0.3) is 10.9 Å². The first-order valence-electron chi connectivity index (χ1n) is 7.09. The second kappa shape index (κ2) is 5.10. The third-order valence-electron chi connectivity index (χ3n) is 3.92. The van der Waals surface area contributed by atoms with Crippen molar-refractivity contribution in [2.75, 3.05) is 18.6 Å². The number of fused-ring (bicyclic) bond motifs is 2. The van der Waals surface area contributed by atoms with E-state index in [9.17, 15) is 4.79 Å². The van der Waals surface area contributed by atoms with Gasteiger partial charge in [-0.1, -0.05) is 6.07 Å². The number of anilines is 1. The summed E-state index contributed by atoms with van der Waals surface area (Å²) in [5.41, 5.74) is 2.00. The van der Waals surface area contributed by atoms with Crippen LogP contribution in [0.1, 0.15) is 15.2 Å². The van der Waals surface area contributed by atoms with Crippen molar-refractivity contribution < 1.29 is 9.53 Å². The molecule has 0 spiro atoms. The summed E-state index contributed by atoms with van der Waals surface area (Å²) in [6.07, 6.45) is 0.840. The zero-order chi connectivity index (χ0) is 15.1. The molecular weight excluding hydrogens is 296 g/mol. The topological polar surface area (TPSA) is 42.4 Å². The lowest BCUT2D eigenvalue weighted by Gasteiger charge is -2.15. The normalized spacial score (nSPS) is 13.4. The fourth-order valence-electron chi connectivity index (χ4n) is 2.80. The summed E-state index contributed by atoms with van der Waals surface area (Å²) in [6.45, 7) is 0.687. The maximum atomic E-state index is 12.6. The number of aromatic nitrogens is 1. The van der Waals surface area contributed by atoms with Gasteiger partial charge in [-0.15, -0.1) is 11.3 Å². The second-order valence-electron chi connectivity index (χ2n) is 5.21. The van der Waals surface area contributed by atoms with Crippen LogP contribution in [-0.4, -0.2) is 24.5 Å². The van der Waals surface area contributed by atoms with Crippen LogP contribution in [-0.2, 0) is 6.42 Å². The second-order valence-corrected chi connectivity index (χ2v) is 6.16. The number of hydrogen-bond donors (Lipinski definition) is 0. The van der Waals surface area contributed by atoms with Gasteiger partial charge in [0.15, 0.2) is 0 Å². The highest BCUT2D eigenvalue weighted by molar-refractivity contribution is 7.12. The number of thiophene rings is 1. The molecule has 0 atom stereocenters. The summed E-state index contributed by atoms with van der Waals surface area (Å²) in [5.74, 6) is 1.64. The van der Waals surface area contributed by atoms with E-state index in [1.807, 2.05) is 35.7 Å². The monoisotopic (exact) mass is 310 g/mol. The molecule has 1 aromatic carbocycles. The first-order chi connectivity index (χ1) is 10.8. The average Bonchev–Trinajstić information content (AvgIpc) is 3.21. The third-order valence-corrected chi connectivity index (χ3v) is 4.77. The van der Waals surface area contributed by atoms with Gasteiger partial charge < -0.3 is 4.74 Å². The Morgan fingerprint density at radius 2 is 2.23 bits per heavy atom. The smallest absolute Gasteiger partial charge is 0.269 e. The quantitative estimate of drug-likeness (QED) is 0.727. The number of benzene rings is 1. The molecule has 1 aliphatic heterocycles. The standard InChI is InChI=1S/C17H14N2O2S/c1-21-13-4-5-14-12(10-13)9-11-6-7-19(16(11)18-14)17(20)15-3-2-8-22-15/h2-5,8-10H,6-7H2,1H3. The molecule has 0 unspecified atom stereocenters. The molecule has 1 amide bonds. The Kier molecular flexibility index (Phi) is 3.08. The van der Waals surface area contributed by atoms with E-state index in [1.165, 1.54) is 11.3 Å². The van der Waals surface area contributed by atoms with Crippen LogP contribution in [0.3, 0.4) is 0 Å².